The molecule has 0 saturated heterocycles. The van der Waals surface area contributed by atoms with Gasteiger partial charge in [-0.2, -0.15) is 0 Å². The first-order valence-electron chi connectivity index (χ1n) is 6.32. The molecule has 0 amide bonds. The van der Waals surface area contributed by atoms with Crippen molar-refractivity contribution in [2.75, 3.05) is 16.8 Å². The number of nitrogens with zero attached hydrogens (tertiary/aromatic N) is 1. The summed E-state index contributed by atoms with van der Waals surface area (Å²) in [6.45, 7) is 0.655. The van der Waals surface area contributed by atoms with Gasteiger partial charge in [0.05, 0.1) is 5.69 Å². The van der Waals surface area contributed by atoms with Crippen molar-refractivity contribution < 1.29 is 8.78 Å². The lowest BCUT2D eigenvalue weighted by atomic mass is 10.2. The van der Waals surface area contributed by atoms with Gasteiger partial charge in [-0.15, -0.1) is 0 Å². The maximum atomic E-state index is 13.6. The average Bonchev–Trinajstić information content (AvgIpc) is 2.88. The van der Waals surface area contributed by atoms with Crippen LogP contribution in [-0.2, 0) is 6.42 Å². The SMILES string of the molecule is N=C(Nc1cccc(F)c1F)N1CCc2ccccc21. The zero-order valence-electron chi connectivity index (χ0n) is 10.7. The van der Waals surface area contributed by atoms with E-state index in [4.69, 9.17) is 5.41 Å². The molecular weight excluding hydrogens is 260 g/mol. The molecule has 0 atom stereocenters. The molecule has 0 fully saturated rings. The summed E-state index contributed by atoms with van der Waals surface area (Å²) in [6, 6.07) is 11.6. The highest BCUT2D eigenvalue weighted by molar-refractivity contribution is 6.04. The Morgan fingerprint density at radius 1 is 1.10 bits per heavy atom. The summed E-state index contributed by atoms with van der Waals surface area (Å²) in [6.07, 6.45) is 0.839. The van der Waals surface area contributed by atoms with Crippen LogP contribution in [0, 0.1) is 17.0 Å². The van der Waals surface area contributed by atoms with E-state index in [2.05, 4.69) is 5.32 Å². The zero-order chi connectivity index (χ0) is 14.1. The summed E-state index contributed by atoms with van der Waals surface area (Å²) in [4.78, 5) is 1.75. The molecule has 0 radical (unpaired) electrons. The number of nitrogens with one attached hydrogen (secondary N) is 2. The molecule has 1 heterocycles. The number of para-hydroxylation sites is 1. The molecule has 0 unspecified atom stereocenters. The lowest BCUT2D eigenvalue weighted by molar-refractivity contribution is 0.512. The Morgan fingerprint density at radius 3 is 2.75 bits per heavy atom. The van der Waals surface area contributed by atoms with Gasteiger partial charge in [-0.05, 0) is 30.2 Å². The van der Waals surface area contributed by atoms with Crippen molar-refractivity contribution in [3.8, 4) is 0 Å². The van der Waals surface area contributed by atoms with Crippen molar-refractivity contribution in [1.82, 2.24) is 0 Å². The van der Waals surface area contributed by atoms with Crippen LogP contribution in [0.5, 0.6) is 0 Å². The fourth-order valence-corrected chi connectivity index (χ4v) is 2.37. The summed E-state index contributed by atoms with van der Waals surface area (Å²) < 4.78 is 26.7. The molecule has 0 aliphatic carbocycles. The van der Waals surface area contributed by atoms with Crippen LogP contribution in [0.3, 0.4) is 0 Å². The monoisotopic (exact) mass is 273 g/mol. The van der Waals surface area contributed by atoms with Gasteiger partial charge in [0.25, 0.3) is 0 Å². The number of hydrogen-bond acceptors (Lipinski definition) is 1. The third-order valence-corrected chi connectivity index (χ3v) is 3.36. The minimum Gasteiger partial charge on any atom is -0.323 e. The first kappa shape index (κ1) is 12.6. The molecule has 3 nitrogen and oxygen atoms in total. The average molecular weight is 273 g/mol. The van der Waals surface area contributed by atoms with Crippen LogP contribution >= 0.6 is 0 Å². The van der Waals surface area contributed by atoms with Crippen molar-refractivity contribution in [2.24, 2.45) is 0 Å². The van der Waals surface area contributed by atoms with Crippen LogP contribution in [0.1, 0.15) is 5.56 Å². The van der Waals surface area contributed by atoms with E-state index in [9.17, 15) is 8.78 Å². The van der Waals surface area contributed by atoms with Crippen LogP contribution in [0.15, 0.2) is 42.5 Å². The van der Waals surface area contributed by atoms with E-state index in [0.717, 1.165) is 23.7 Å². The Labute approximate surface area is 115 Å². The van der Waals surface area contributed by atoms with Crippen LogP contribution in [0.25, 0.3) is 0 Å². The molecule has 3 rings (SSSR count). The second kappa shape index (κ2) is 4.92. The van der Waals surface area contributed by atoms with Crippen LogP contribution < -0.4 is 10.2 Å². The lowest BCUT2D eigenvalue weighted by Gasteiger charge is -2.21. The number of halogens is 2. The summed E-state index contributed by atoms with van der Waals surface area (Å²) in [5, 5.41) is 10.7. The second-order valence-corrected chi connectivity index (χ2v) is 4.61. The highest BCUT2D eigenvalue weighted by Crippen LogP contribution is 2.28. The summed E-state index contributed by atoms with van der Waals surface area (Å²) >= 11 is 0. The highest BCUT2D eigenvalue weighted by atomic mass is 19.2. The second-order valence-electron chi connectivity index (χ2n) is 4.61. The number of benzene rings is 2. The predicted octanol–water partition coefficient (Wildman–Crippen LogP) is 3.37. The van der Waals surface area contributed by atoms with Crippen LogP contribution in [0.4, 0.5) is 20.2 Å². The standard InChI is InChI=1S/C15H13F2N3/c16-11-5-3-6-12(14(11)17)19-15(18)20-9-8-10-4-1-2-7-13(10)20/h1-7H,8-9H2,(H2,18,19). The summed E-state index contributed by atoms with van der Waals surface area (Å²) in [5.74, 6) is -1.85. The van der Waals surface area contributed by atoms with Gasteiger partial charge in [0.2, 0.25) is 0 Å². The van der Waals surface area contributed by atoms with Gasteiger partial charge in [0.15, 0.2) is 17.6 Å². The van der Waals surface area contributed by atoms with E-state index in [-0.39, 0.29) is 11.6 Å². The van der Waals surface area contributed by atoms with Gasteiger partial charge in [-0.25, -0.2) is 8.78 Å². The molecule has 2 N–H and O–H groups in total. The van der Waals surface area contributed by atoms with E-state index >= 15 is 0 Å². The molecule has 102 valence electrons. The molecule has 20 heavy (non-hydrogen) atoms. The maximum absolute atomic E-state index is 13.6. The Bertz CT molecular complexity index is 670. The van der Waals surface area contributed by atoms with Crippen molar-refractivity contribution >= 4 is 17.3 Å². The molecule has 0 saturated carbocycles. The van der Waals surface area contributed by atoms with Crippen molar-refractivity contribution in [1.29, 1.82) is 5.41 Å². The van der Waals surface area contributed by atoms with Gasteiger partial charge < -0.3 is 10.2 Å². The number of rotatable bonds is 1. The van der Waals surface area contributed by atoms with Crippen molar-refractivity contribution in [3.05, 3.63) is 59.7 Å². The molecule has 2 aromatic rings. The molecule has 0 bridgehead atoms. The predicted molar refractivity (Wildman–Crippen MR) is 75.2 cm³/mol. The van der Waals surface area contributed by atoms with Crippen molar-refractivity contribution in [3.63, 3.8) is 0 Å². The smallest absolute Gasteiger partial charge is 0.200 e. The van der Waals surface area contributed by atoms with Gasteiger partial charge >= 0.3 is 0 Å². The van der Waals surface area contributed by atoms with E-state index in [0.29, 0.717) is 6.54 Å². The van der Waals surface area contributed by atoms with Gasteiger partial charge in [0, 0.05) is 12.2 Å². The Balaban J connectivity index is 1.83. The van der Waals surface area contributed by atoms with Crippen molar-refractivity contribution in [2.45, 2.75) is 6.42 Å². The summed E-state index contributed by atoms with van der Waals surface area (Å²) in [7, 11) is 0. The number of anilines is 2. The molecular formula is C15H13F2N3. The third kappa shape index (κ3) is 2.11. The van der Waals surface area contributed by atoms with Crippen LogP contribution in [-0.4, -0.2) is 12.5 Å². The largest absolute Gasteiger partial charge is 0.323 e. The van der Waals surface area contributed by atoms with Gasteiger partial charge in [0.1, 0.15) is 0 Å². The third-order valence-electron chi connectivity index (χ3n) is 3.36. The molecule has 0 spiro atoms. The van der Waals surface area contributed by atoms with Crippen LogP contribution in [0.2, 0.25) is 0 Å². The summed E-state index contributed by atoms with van der Waals surface area (Å²) in [5.41, 5.74) is 2.06. The number of fused-ring (bicyclic) bond motifs is 1. The Hall–Kier alpha value is -2.43. The number of hydrogen-bond donors (Lipinski definition) is 2. The fraction of sp³-hybridized carbons (Fsp3) is 0.133. The van der Waals surface area contributed by atoms with E-state index in [1.807, 2.05) is 24.3 Å². The fourth-order valence-electron chi connectivity index (χ4n) is 2.37. The molecule has 2 aromatic carbocycles. The number of guanidine groups is 1. The first-order chi connectivity index (χ1) is 9.66. The normalized spacial score (nSPS) is 13.2. The maximum Gasteiger partial charge on any atom is 0.200 e. The molecule has 0 aromatic heterocycles. The van der Waals surface area contributed by atoms with Gasteiger partial charge in [-0.3, -0.25) is 5.41 Å². The van der Waals surface area contributed by atoms with E-state index in [1.54, 1.807) is 4.90 Å². The zero-order valence-corrected chi connectivity index (χ0v) is 10.7. The highest BCUT2D eigenvalue weighted by Gasteiger charge is 2.22. The Morgan fingerprint density at radius 2 is 1.90 bits per heavy atom. The molecule has 1 aliphatic heterocycles. The first-order valence-corrected chi connectivity index (χ1v) is 6.32. The lowest BCUT2D eigenvalue weighted by Crippen LogP contribution is -2.34. The molecule has 1 aliphatic rings. The Kier molecular flexibility index (Phi) is 3.10. The topological polar surface area (TPSA) is 39.1 Å². The quantitative estimate of drug-likeness (QED) is 0.617. The minimum absolute atomic E-state index is 0.0284. The van der Waals surface area contributed by atoms with E-state index < -0.39 is 11.6 Å². The van der Waals surface area contributed by atoms with E-state index in [1.165, 1.54) is 12.1 Å². The molecule has 5 heteroatoms. The van der Waals surface area contributed by atoms with Gasteiger partial charge in [-0.1, -0.05) is 24.3 Å². The minimum atomic E-state index is -0.968.